The Labute approximate surface area is 136 Å². The van der Waals surface area contributed by atoms with Gasteiger partial charge in [-0.05, 0) is 23.8 Å². The summed E-state index contributed by atoms with van der Waals surface area (Å²) in [5, 5.41) is 5.10. The Morgan fingerprint density at radius 1 is 1.18 bits per heavy atom. The maximum absolute atomic E-state index is 11.8. The van der Waals surface area contributed by atoms with Crippen LogP contribution in [-0.4, -0.2) is 17.1 Å². The van der Waals surface area contributed by atoms with Crippen molar-refractivity contribution in [1.82, 2.24) is 10.4 Å². The second-order valence-corrected chi connectivity index (χ2v) is 5.80. The molecule has 0 fully saturated rings. The number of aromatic nitrogens is 1. The summed E-state index contributed by atoms with van der Waals surface area (Å²) in [7, 11) is 0. The molecule has 0 saturated heterocycles. The van der Waals surface area contributed by atoms with E-state index in [1.807, 2.05) is 54.7 Å². The molecular weight excluding hydrogens is 342 g/mol. The molecule has 0 unspecified atom stereocenters. The number of benzene rings is 2. The third-order valence-corrected chi connectivity index (χ3v) is 3.82. The van der Waals surface area contributed by atoms with Gasteiger partial charge in [-0.3, -0.25) is 4.79 Å². The van der Waals surface area contributed by atoms with E-state index in [1.54, 1.807) is 6.21 Å². The number of hydrogen-bond donors (Lipinski definition) is 2. The highest BCUT2D eigenvalue weighted by molar-refractivity contribution is 9.10. The largest absolute Gasteiger partial charge is 0.361 e. The van der Waals surface area contributed by atoms with Crippen LogP contribution in [0, 0.1) is 0 Å². The summed E-state index contributed by atoms with van der Waals surface area (Å²) in [6.45, 7) is 0. The second-order valence-electron chi connectivity index (χ2n) is 4.89. The molecule has 0 aliphatic heterocycles. The molecule has 0 spiro atoms. The van der Waals surface area contributed by atoms with Crippen molar-refractivity contribution in [3.8, 4) is 0 Å². The maximum Gasteiger partial charge on any atom is 0.244 e. The molecule has 0 bridgehead atoms. The van der Waals surface area contributed by atoms with Crippen LogP contribution in [0.25, 0.3) is 10.9 Å². The zero-order chi connectivity index (χ0) is 15.4. The Morgan fingerprint density at radius 3 is 2.77 bits per heavy atom. The molecule has 110 valence electrons. The van der Waals surface area contributed by atoms with E-state index in [4.69, 9.17) is 0 Å². The van der Waals surface area contributed by atoms with Crippen molar-refractivity contribution in [2.75, 3.05) is 0 Å². The van der Waals surface area contributed by atoms with E-state index in [0.717, 1.165) is 26.5 Å². The van der Waals surface area contributed by atoms with Crippen molar-refractivity contribution in [2.45, 2.75) is 6.42 Å². The standard InChI is InChI=1S/C17H14BrN3O/c18-14-7-5-12(6-8-14)9-17(22)21-20-11-13-10-19-16-4-2-1-3-15(13)16/h1-8,10-11,19H,9H2,(H,21,22)/b20-11-. The topological polar surface area (TPSA) is 57.2 Å². The fourth-order valence-corrected chi connectivity index (χ4v) is 2.47. The molecule has 5 heteroatoms. The smallest absolute Gasteiger partial charge is 0.244 e. The van der Waals surface area contributed by atoms with Crippen LogP contribution in [0.3, 0.4) is 0 Å². The Morgan fingerprint density at radius 2 is 1.95 bits per heavy atom. The van der Waals surface area contributed by atoms with E-state index in [0.29, 0.717) is 6.42 Å². The number of H-pyrrole nitrogens is 1. The van der Waals surface area contributed by atoms with Crippen molar-refractivity contribution >= 4 is 39.0 Å². The number of fused-ring (bicyclic) bond motifs is 1. The van der Waals surface area contributed by atoms with Crippen molar-refractivity contribution < 1.29 is 4.79 Å². The van der Waals surface area contributed by atoms with E-state index in [2.05, 4.69) is 31.4 Å². The Bertz CT molecular complexity index is 821. The minimum atomic E-state index is -0.140. The SMILES string of the molecule is O=C(Cc1ccc(Br)cc1)N/N=C\c1c[nH]c2ccccc12. The van der Waals surface area contributed by atoms with E-state index >= 15 is 0 Å². The highest BCUT2D eigenvalue weighted by Gasteiger charge is 2.03. The molecule has 2 aromatic carbocycles. The molecular formula is C17H14BrN3O. The van der Waals surface area contributed by atoms with Crippen LogP contribution in [0.4, 0.5) is 0 Å². The van der Waals surface area contributed by atoms with Crippen LogP contribution in [0.2, 0.25) is 0 Å². The molecule has 0 aliphatic carbocycles. The molecule has 0 radical (unpaired) electrons. The lowest BCUT2D eigenvalue weighted by Gasteiger charge is -2.00. The number of amides is 1. The zero-order valence-corrected chi connectivity index (χ0v) is 13.3. The summed E-state index contributed by atoms with van der Waals surface area (Å²) in [6.07, 6.45) is 3.83. The third-order valence-electron chi connectivity index (χ3n) is 3.29. The van der Waals surface area contributed by atoms with Gasteiger partial charge in [0.15, 0.2) is 0 Å². The van der Waals surface area contributed by atoms with E-state index in [1.165, 1.54) is 0 Å². The van der Waals surface area contributed by atoms with Crippen LogP contribution in [0.5, 0.6) is 0 Å². The molecule has 0 atom stereocenters. The average molecular weight is 356 g/mol. The van der Waals surface area contributed by atoms with Crippen molar-refractivity contribution in [2.24, 2.45) is 5.10 Å². The van der Waals surface area contributed by atoms with Gasteiger partial charge in [-0.15, -0.1) is 0 Å². The number of halogens is 1. The molecule has 3 aromatic rings. The quantitative estimate of drug-likeness (QED) is 0.544. The number of carbonyl (C=O) groups excluding carboxylic acids is 1. The highest BCUT2D eigenvalue weighted by Crippen LogP contribution is 2.15. The molecule has 1 amide bonds. The van der Waals surface area contributed by atoms with Gasteiger partial charge in [0, 0.05) is 27.1 Å². The summed E-state index contributed by atoms with van der Waals surface area (Å²) in [5.74, 6) is -0.140. The molecule has 3 rings (SSSR count). The van der Waals surface area contributed by atoms with Gasteiger partial charge in [-0.1, -0.05) is 46.3 Å². The van der Waals surface area contributed by atoms with Crippen LogP contribution >= 0.6 is 15.9 Å². The van der Waals surface area contributed by atoms with Gasteiger partial charge in [-0.2, -0.15) is 5.10 Å². The number of rotatable bonds is 4. The first-order chi connectivity index (χ1) is 10.7. The van der Waals surface area contributed by atoms with E-state index in [-0.39, 0.29) is 5.91 Å². The molecule has 22 heavy (non-hydrogen) atoms. The molecule has 4 nitrogen and oxygen atoms in total. The van der Waals surface area contributed by atoms with Crippen LogP contribution < -0.4 is 5.43 Å². The van der Waals surface area contributed by atoms with E-state index in [9.17, 15) is 4.79 Å². The Hall–Kier alpha value is -2.40. The predicted octanol–water partition coefficient (Wildman–Crippen LogP) is 3.62. The number of carbonyl (C=O) groups is 1. The van der Waals surface area contributed by atoms with Gasteiger partial charge in [0.25, 0.3) is 0 Å². The van der Waals surface area contributed by atoms with Gasteiger partial charge in [0.1, 0.15) is 0 Å². The van der Waals surface area contributed by atoms with Crippen molar-refractivity contribution in [1.29, 1.82) is 0 Å². The molecule has 0 saturated carbocycles. The second kappa shape index (κ2) is 6.58. The summed E-state index contributed by atoms with van der Waals surface area (Å²) in [6, 6.07) is 15.6. The lowest BCUT2D eigenvalue weighted by molar-refractivity contribution is -0.120. The fraction of sp³-hybridized carbons (Fsp3) is 0.0588. The number of nitrogens with one attached hydrogen (secondary N) is 2. The van der Waals surface area contributed by atoms with Gasteiger partial charge in [0.2, 0.25) is 5.91 Å². The highest BCUT2D eigenvalue weighted by atomic mass is 79.9. The third kappa shape index (κ3) is 3.43. The summed E-state index contributed by atoms with van der Waals surface area (Å²) >= 11 is 3.37. The lowest BCUT2D eigenvalue weighted by atomic mass is 10.1. The van der Waals surface area contributed by atoms with Crippen molar-refractivity contribution in [3.63, 3.8) is 0 Å². The summed E-state index contributed by atoms with van der Waals surface area (Å²) in [5.41, 5.74) is 5.49. The Kier molecular flexibility index (Phi) is 4.34. The molecule has 0 aliphatic rings. The lowest BCUT2D eigenvalue weighted by Crippen LogP contribution is -2.19. The number of hydrazone groups is 1. The van der Waals surface area contributed by atoms with Crippen LogP contribution in [-0.2, 0) is 11.2 Å². The number of para-hydroxylation sites is 1. The van der Waals surface area contributed by atoms with Gasteiger partial charge >= 0.3 is 0 Å². The predicted molar refractivity (Wildman–Crippen MR) is 91.9 cm³/mol. The number of aromatic amines is 1. The number of hydrogen-bond acceptors (Lipinski definition) is 2. The maximum atomic E-state index is 11.8. The minimum absolute atomic E-state index is 0.140. The minimum Gasteiger partial charge on any atom is -0.361 e. The van der Waals surface area contributed by atoms with Crippen LogP contribution in [0.1, 0.15) is 11.1 Å². The first-order valence-corrected chi connectivity index (χ1v) is 7.64. The summed E-state index contributed by atoms with van der Waals surface area (Å²) in [4.78, 5) is 15.0. The van der Waals surface area contributed by atoms with Gasteiger partial charge < -0.3 is 4.98 Å². The molecule has 2 N–H and O–H groups in total. The molecule has 1 heterocycles. The zero-order valence-electron chi connectivity index (χ0n) is 11.7. The normalized spacial score (nSPS) is 11.1. The summed E-state index contributed by atoms with van der Waals surface area (Å²) < 4.78 is 0.994. The van der Waals surface area contributed by atoms with Crippen LogP contribution in [0.15, 0.2) is 64.3 Å². The van der Waals surface area contributed by atoms with Gasteiger partial charge in [-0.25, -0.2) is 5.43 Å². The Balaban J connectivity index is 1.62. The monoisotopic (exact) mass is 355 g/mol. The first-order valence-electron chi connectivity index (χ1n) is 6.85. The first kappa shape index (κ1) is 14.5. The van der Waals surface area contributed by atoms with Crippen molar-refractivity contribution in [3.05, 3.63) is 70.3 Å². The fourth-order valence-electron chi connectivity index (χ4n) is 2.20. The van der Waals surface area contributed by atoms with E-state index < -0.39 is 0 Å². The number of nitrogens with zero attached hydrogens (tertiary/aromatic N) is 1. The van der Waals surface area contributed by atoms with Gasteiger partial charge in [0.05, 0.1) is 12.6 Å². The average Bonchev–Trinajstić information content (AvgIpc) is 2.93. The molecule has 1 aromatic heterocycles.